The third-order valence-corrected chi connectivity index (χ3v) is 4.71. The van der Waals surface area contributed by atoms with E-state index in [1.807, 2.05) is 0 Å². The van der Waals surface area contributed by atoms with Crippen LogP contribution in [0.15, 0.2) is 23.1 Å². The standard InChI is InChI=1S/C9H7F5N6S2/c10-22(11,12,13,14)5-1-2-6-7(3-5)21-9(16-6)15-4-8-17-19-20-18-8/h1-3H,4H2,(H,15,16)(H,17,18,19,20). The number of H-pyrrole nitrogens is 1. The Morgan fingerprint density at radius 2 is 1.95 bits per heavy atom. The number of thiazole rings is 1. The lowest BCUT2D eigenvalue weighted by molar-refractivity contribution is 0.364. The topological polar surface area (TPSA) is 79.4 Å². The summed E-state index contributed by atoms with van der Waals surface area (Å²) in [5, 5.41) is 16.0. The van der Waals surface area contributed by atoms with Crippen molar-refractivity contribution in [2.75, 3.05) is 5.32 Å². The van der Waals surface area contributed by atoms with Gasteiger partial charge < -0.3 is 5.32 Å². The molecule has 3 aromatic rings. The average molecular weight is 358 g/mol. The first-order valence-corrected chi connectivity index (χ1v) is 8.39. The molecule has 3 rings (SSSR count). The van der Waals surface area contributed by atoms with Crippen LogP contribution < -0.4 is 5.32 Å². The van der Waals surface area contributed by atoms with E-state index in [4.69, 9.17) is 0 Å². The highest BCUT2D eigenvalue weighted by Gasteiger charge is 2.65. The molecule has 0 aliphatic carbocycles. The molecule has 2 aromatic heterocycles. The number of aromatic amines is 1. The first kappa shape index (κ1) is 14.9. The molecule has 0 aliphatic heterocycles. The molecular formula is C9H7F5N6S2. The monoisotopic (exact) mass is 358 g/mol. The summed E-state index contributed by atoms with van der Waals surface area (Å²) in [6.45, 7) is 0.144. The maximum atomic E-state index is 12.8. The molecule has 0 spiro atoms. The van der Waals surface area contributed by atoms with Gasteiger partial charge in [-0.1, -0.05) is 36.0 Å². The Morgan fingerprint density at radius 1 is 1.18 bits per heavy atom. The van der Waals surface area contributed by atoms with E-state index in [1.54, 1.807) is 0 Å². The number of halogens is 5. The van der Waals surface area contributed by atoms with Crippen molar-refractivity contribution < 1.29 is 19.4 Å². The SMILES string of the molecule is FS(F)(F)(F)(F)c1ccc2nc(NCc3nn[nH]n3)sc2c1. The number of anilines is 1. The van der Waals surface area contributed by atoms with Gasteiger partial charge in [-0.05, 0) is 18.2 Å². The van der Waals surface area contributed by atoms with Crippen molar-refractivity contribution in [3.8, 4) is 0 Å². The minimum atomic E-state index is -9.69. The van der Waals surface area contributed by atoms with Gasteiger partial charge >= 0.3 is 10.2 Å². The van der Waals surface area contributed by atoms with Crippen LogP contribution in [-0.2, 0) is 6.54 Å². The smallest absolute Gasteiger partial charge is 0.310 e. The van der Waals surface area contributed by atoms with Crippen molar-refractivity contribution in [2.24, 2.45) is 0 Å². The van der Waals surface area contributed by atoms with Gasteiger partial charge in [0.15, 0.2) is 11.0 Å². The van der Waals surface area contributed by atoms with Crippen molar-refractivity contribution >= 4 is 36.9 Å². The lowest BCUT2D eigenvalue weighted by Gasteiger charge is -2.40. The molecule has 0 saturated heterocycles. The van der Waals surface area contributed by atoms with Crippen LogP contribution in [0.25, 0.3) is 10.2 Å². The van der Waals surface area contributed by atoms with Crippen LogP contribution in [0.5, 0.6) is 0 Å². The van der Waals surface area contributed by atoms with Crippen LogP contribution in [-0.4, -0.2) is 25.6 Å². The summed E-state index contributed by atoms with van der Waals surface area (Å²) in [7, 11) is -9.69. The highest BCUT2D eigenvalue weighted by Crippen LogP contribution is 3.02. The molecule has 120 valence electrons. The third-order valence-electron chi connectivity index (χ3n) is 2.59. The van der Waals surface area contributed by atoms with E-state index in [0.717, 1.165) is 17.4 Å². The van der Waals surface area contributed by atoms with E-state index < -0.39 is 15.1 Å². The molecule has 0 amide bonds. The zero-order valence-electron chi connectivity index (χ0n) is 10.4. The Morgan fingerprint density at radius 3 is 2.59 bits per heavy atom. The van der Waals surface area contributed by atoms with Crippen LogP contribution in [0.2, 0.25) is 0 Å². The van der Waals surface area contributed by atoms with Crippen LogP contribution in [0.3, 0.4) is 0 Å². The zero-order chi connectivity index (χ0) is 16.1. The molecule has 2 N–H and O–H groups in total. The van der Waals surface area contributed by atoms with E-state index in [-0.39, 0.29) is 21.9 Å². The molecule has 0 atom stereocenters. The lowest BCUT2D eigenvalue weighted by atomic mass is 10.3. The minimum Gasteiger partial charge on any atom is -0.354 e. The van der Waals surface area contributed by atoms with Crippen LogP contribution in [0.1, 0.15) is 5.82 Å². The van der Waals surface area contributed by atoms with Gasteiger partial charge in [-0.25, -0.2) is 4.98 Å². The molecule has 0 aliphatic rings. The second-order valence-corrected chi connectivity index (χ2v) is 7.74. The largest absolute Gasteiger partial charge is 0.354 e. The Kier molecular flexibility index (Phi) is 2.73. The Labute approximate surface area is 123 Å². The summed E-state index contributed by atoms with van der Waals surface area (Å²) in [4.78, 5) is 2.07. The van der Waals surface area contributed by atoms with E-state index in [2.05, 4.69) is 30.9 Å². The summed E-state index contributed by atoms with van der Waals surface area (Å²) < 4.78 is 63.8. The van der Waals surface area contributed by atoms with Crippen molar-refractivity contribution in [3.63, 3.8) is 0 Å². The molecular weight excluding hydrogens is 351 g/mol. The second-order valence-electron chi connectivity index (χ2n) is 4.30. The van der Waals surface area contributed by atoms with Gasteiger partial charge in [-0.3, -0.25) is 0 Å². The number of hydrogen-bond donors (Lipinski definition) is 2. The number of hydrogen-bond acceptors (Lipinski definition) is 6. The summed E-state index contributed by atoms with van der Waals surface area (Å²) in [6.07, 6.45) is 0. The highest BCUT2D eigenvalue weighted by molar-refractivity contribution is 8.45. The molecule has 0 fully saturated rings. The maximum absolute atomic E-state index is 12.8. The Bertz CT molecular complexity index is 828. The quantitative estimate of drug-likeness (QED) is 0.687. The number of rotatable bonds is 4. The normalized spacial score (nSPS) is 15.5. The fourth-order valence-electron chi connectivity index (χ4n) is 1.63. The van der Waals surface area contributed by atoms with Crippen molar-refractivity contribution in [2.45, 2.75) is 11.4 Å². The van der Waals surface area contributed by atoms with Gasteiger partial charge in [0.25, 0.3) is 0 Å². The first-order chi connectivity index (χ1) is 10.0. The Hall–Kier alpha value is -2.02. The van der Waals surface area contributed by atoms with Crippen molar-refractivity contribution in [1.29, 1.82) is 0 Å². The molecule has 0 radical (unpaired) electrons. The summed E-state index contributed by atoms with van der Waals surface area (Å²) in [6, 6.07) is 1.67. The van der Waals surface area contributed by atoms with Gasteiger partial charge in [-0.2, -0.15) is 5.21 Å². The van der Waals surface area contributed by atoms with E-state index >= 15 is 0 Å². The number of benzene rings is 1. The number of fused-ring (bicyclic) bond motifs is 1. The molecule has 6 nitrogen and oxygen atoms in total. The number of tetrazole rings is 1. The van der Waals surface area contributed by atoms with Gasteiger partial charge in [0, 0.05) is 0 Å². The first-order valence-electron chi connectivity index (χ1n) is 5.62. The number of aromatic nitrogens is 5. The van der Waals surface area contributed by atoms with Gasteiger partial charge in [0.05, 0.1) is 16.8 Å². The molecule has 13 heteroatoms. The molecule has 0 unspecified atom stereocenters. The molecule has 1 aromatic carbocycles. The summed E-state index contributed by atoms with van der Waals surface area (Å²) >= 11 is 0.824. The van der Waals surface area contributed by atoms with E-state index in [9.17, 15) is 19.4 Å². The average Bonchev–Trinajstić information content (AvgIpc) is 3.01. The lowest BCUT2D eigenvalue weighted by Crippen LogP contribution is -2.05. The zero-order valence-corrected chi connectivity index (χ0v) is 12.1. The summed E-state index contributed by atoms with van der Waals surface area (Å²) in [5.74, 6) is 0.326. The molecule has 22 heavy (non-hydrogen) atoms. The predicted octanol–water partition coefficient (Wildman–Crippen LogP) is 4.08. The van der Waals surface area contributed by atoms with Gasteiger partial charge in [0.1, 0.15) is 4.90 Å². The molecule has 0 saturated carbocycles. The van der Waals surface area contributed by atoms with E-state index in [1.165, 1.54) is 0 Å². The van der Waals surface area contributed by atoms with Crippen LogP contribution in [0.4, 0.5) is 24.6 Å². The fourth-order valence-corrected chi connectivity index (χ4v) is 3.27. The fraction of sp³-hybridized carbons (Fsp3) is 0.111. The van der Waals surface area contributed by atoms with Crippen molar-refractivity contribution in [1.82, 2.24) is 25.6 Å². The molecule has 2 heterocycles. The highest BCUT2D eigenvalue weighted by atomic mass is 32.5. The van der Waals surface area contributed by atoms with E-state index in [0.29, 0.717) is 18.0 Å². The maximum Gasteiger partial charge on any atom is 0.310 e. The minimum absolute atomic E-state index is 0.00126. The number of nitrogens with zero attached hydrogens (tertiary/aromatic N) is 4. The van der Waals surface area contributed by atoms with Gasteiger partial charge in [-0.15, -0.1) is 10.2 Å². The summed E-state index contributed by atoms with van der Waals surface area (Å²) in [5.41, 5.74) is 0.186. The van der Waals surface area contributed by atoms with Gasteiger partial charge in [0.2, 0.25) is 0 Å². The van der Waals surface area contributed by atoms with Crippen molar-refractivity contribution in [3.05, 3.63) is 24.0 Å². The van der Waals surface area contributed by atoms with Crippen LogP contribution in [0, 0.1) is 0 Å². The van der Waals surface area contributed by atoms with Crippen LogP contribution >= 0.6 is 21.6 Å². The number of nitrogens with one attached hydrogen (secondary N) is 2. The predicted molar refractivity (Wildman–Crippen MR) is 72.5 cm³/mol. The third kappa shape index (κ3) is 3.09. The Balaban J connectivity index is 1.91. The molecule has 0 bridgehead atoms. The second kappa shape index (κ2) is 4.04.